The van der Waals surface area contributed by atoms with Crippen molar-refractivity contribution in [2.24, 2.45) is 5.92 Å². The Labute approximate surface area is 105 Å². The van der Waals surface area contributed by atoms with E-state index < -0.39 is 0 Å². The predicted molar refractivity (Wildman–Crippen MR) is 74.3 cm³/mol. The number of hydrogen-bond acceptors (Lipinski definition) is 3. The predicted octanol–water partition coefficient (Wildman–Crippen LogP) is 3.20. The van der Waals surface area contributed by atoms with Crippen molar-refractivity contribution in [3.63, 3.8) is 0 Å². The summed E-state index contributed by atoms with van der Waals surface area (Å²) in [5.41, 5.74) is 7.75. The minimum Gasteiger partial charge on any atom is -0.394 e. The molecular formula is C13H26N4. The van der Waals surface area contributed by atoms with E-state index in [4.69, 9.17) is 5.73 Å². The number of anilines is 2. The molecule has 0 spiro atoms. The van der Waals surface area contributed by atoms with Crippen molar-refractivity contribution in [2.75, 3.05) is 17.6 Å². The zero-order valence-electron chi connectivity index (χ0n) is 11.7. The van der Waals surface area contributed by atoms with Crippen LogP contribution in [0.25, 0.3) is 0 Å². The van der Waals surface area contributed by atoms with E-state index in [9.17, 15) is 0 Å². The Bertz CT molecular complexity index is 351. The molecule has 0 aromatic carbocycles. The second-order valence-electron chi connectivity index (χ2n) is 4.95. The van der Waals surface area contributed by atoms with Crippen molar-refractivity contribution < 1.29 is 0 Å². The highest BCUT2D eigenvalue weighted by Gasteiger charge is 2.15. The molecule has 1 aromatic rings. The monoisotopic (exact) mass is 238 g/mol. The van der Waals surface area contributed by atoms with Crippen LogP contribution in [0.5, 0.6) is 0 Å². The summed E-state index contributed by atoms with van der Waals surface area (Å²) in [5.74, 6) is 1.68. The lowest BCUT2D eigenvalue weighted by molar-refractivity contribution is 0.504. The number of nitrogens with zero attached hydrogens (tertiary/aromatic N) is 2. The van der Waals surface area contributed by atoms with Gasteiger partial charge in [-0.25, -0.2) is 4.68 Å². The molecule has 0 saturated heterocycles. The average Bonchev–Trinajstić information content (AvgIpc) is 2.58. The van der Waals surface area contributed by atoms with Gasteiger partial charge in [-0.3, -0.25) is 0 Å². The molecule has 1 rings (SSSR count). The van der Waals surface area contributed by atoms with E-state index >= 15 is 0 Å². The summed E-state index contributed by atoms with van der Waals surface area (Å²) in [5, 5.41) is 7.93. The third-order valence-electron chi connectivity index (χ3n) is 3.33. The molecule has 0 amide bonds. The van der Waals surface area contributed by atoms with Gasteiger partial charge >= 0.3 is 0 Å². The van der Waals surface area contributed by atoms with Gasteiger partial charge in [0.25, 0.3) is 0 Å². The summed E-state index contributed by atoms with van der Waals surface area (Å²) in [6.45, 7) is 11.6. The standard InChI is InChI=1S/C13H26N4/c1-6-11(7-2)8-15-13-12(14)10(5)16-17(13)9(3)4/h9,11,15H,6-8,14H2,1-5H3. The van der Waals surface area contributed by atoms with Gasteiger partial charge in [0.15, 0.2) is 0 Å². The molecule has 0 atom stereocenters. The molecule has 0 aliphatic carbocycles. The van der Waals surface area contributed by atoms with Crippen molar-refractivity contribution in [3.05, 3.63) is 5.69 Å². The maximum atomic E-state index is 6.06. The van der Waals surface area contributed by atoms with Gasteiger partial charge in [0, 0.05) is 12.6 Å². The van der Waals surface area contributed by atoms with Crippen LogP contribution in [0.3, 0.4) is 0 Å². The van der Waals surface area contributed by atoms with Crippen LogP contribution in [0.2, 0.25) is 0 Å². The summed E-state index contributed by atoms with van der Waals surface area (Å²) < 4.78 is 1.98. The molecule has 0 bridgehead atoms. The van der Waals surface area contributed by atoms with E-state index in [0.29, 0.717) is 12.0 Å². The second-order valence-corrected chi connectivity index (χ2v) is 4.95. The third-order valence-corrected chi connectivity index (χ3v) is 3.33. The van der Waals surface area contributed by atoms with Crippen molar-refractivity contribution >= 4 is 11.5 Å². The Morgan fingerprint density at radius 1 is 1.29 bits per heavy atom. The lowest BCUT2D eigenvalue weighted by atomic mass is 10.0. The molecule has 0 saturated carbocycles. The van der Waals surface area contributed by atoms with Gasteiger partial charge in [0.1, 0.15) is 5.82 Å². The first-order valence-corrected chi connectivity index (χ1v) is 6.59. The van der Waals surface area contributed by atoms with Gasteiger partial charge < -0.3 is 11.1 Å². The number of nitrogens with one attached hydrogen (secondary N) is 1. The van der Waals surface area contributed by atoms with E-state index in [1.54, 1.807) is 0 Å². The highest BCUT2D eigenvalue weighted by Crippen LogP contribution is 2.26. The van der Waals surface area contributed by atoms with Crippen LogP contribution in [0, 0.1) is 12.8 Å². The van der Waals surface area contributed by atoms with Gasteiger partial charge in [-0.05, 0) is 26.7 Å². The Balaban J connectivity index is 2.82. The van der Waals surface area contributed by atoms with Gasteiger partial charge in [-0.2, -0.15) is 5.10 Å². The fourth-order valence-electron chi connectivity index (χ4n) is 1.93. The van der Waals surface area contributed by atoms with E-state index in [0.717, 1.165) is 23.7 Å². The van der Waals surface area contributed by atoms with Crippen LogP contribution in [0.1, 0.15) is 52.3 Å². The summed E-state index contributed by atoms with van der Waals surface area (Å²) in [4.78, 5) is 0. The first-order valence-electron chi connectivity index (χ1n) is 6.59. The summed E-state index contributed by atoms with van der Waals surface area (Å²) in [6.07, 6.45) is 2.39. The quantitative estimate of drug-likeness (QED) is 0.800. The maximum absolute atomic E-state index is 6.06. The molecular weight excluding hydrogens is 212 g/mol. The number of rotatable bonds is 6. The number of aryl methyl sites for hydroxylation is 1. The average molecular weight is 238 g/mol. The first kappa shape index (κ1) is 13.9. The zero-order chi connectivity index (χ0) is 13.0. The molecule has 17 heavy (non-hydrogen) atoms. The topological polar surface area (TPSA) is 55.9 Å². The van der Waals surface area contributed by atoms with Gasteiger partial charge in [0.05, 0.1) is 11.4 Å². The van der Waals surface area contributed by atoms with E-state index in [-0.39, 0.29) is 0 Å². The van der Waals surface area contributed by atoms with Crippen LogP contribution in [0.15, 0.2) is 0 Å². The van der Waals surface area contributed by atoms with Crippen LogP contribution in [0.4, 0.5) is 11.5 Å². The van der Waals surface area contributed by atoms with Crippen molar-refractivity contribution in [1.82, 2.24) is 9.78 Å². The summed E-state index contributed by atoms with van der Waals surface area (Å²) >= 11 is 0. The normalized spacial score (nSPS) is 11.5. The molecule has 4 nitrogen and oxygen atoms in total. The summed E-state index contributed by atoms with van der Waals surface area (Å²) in [6, 6.07) is 0.329. The molecule has 98 valence electrons. The van der Waals surface area contributed by atoms with Crippen LogP contribution in [-0.4, -0.2) is 16.3 Å². The molecule has 0 radical (unpaired) electrons. The van der Waals surface area contributed by atoms with Crippen LogP contribution < -0.4 is 11.1 Å². The largest absolute Gasteiger partial charge is 0.394 e. The van der Waals surface area contributed by atoms with Crippen LogP contribution >= 0.6 is 0 Å². The minimum absolute atomic E-state index is 0.329. The summed E-state index contributed by atoms with van der Waals surface area (Å²) in [7, 11) is 0. The Morgan fingerprint density at radius 2 is 1.88 bits per heavy atom. The van der Waals surface area contributed by atoms with E-state index in [1.807, 2.05) is 11.6 Å². The SMILES string of the molecule is CCC(CC)CNc1c(N)c(C)nn1C(C)C. The fourth-order valence-corrected chi connectivity index (χ4v) is 1.93. The third kappa shape index (κ3) is 3.14. The van der Waals surface area contributed by atoms with E-state index in [2.05, 4.69) is 38.1 Å². The number of aromatic nitrogens is 2. The molecule has 0 fully saturated rings. The Morgan fingerprint density at radius 3 is 2.35 bits per heavy atom. The fraction of sp³-hybridized carbons (Fsp3) is 0.769. The Kier molecular flexibility index (Phi) is 4.85. The van der Waals surface area contributed by atoms with Gasteiger partial charge in [-0.15, -0.1) is 0 Å². The van der Waals surface area contributed by atoms with E-state index in [1.165, 1.54) is 12.8 Å². The number of nitrogen functional groups attached to an aromatic ring is 1. The molecule has 0 unspecified atom stereocenters. The number of hydrogen-bond donors (Lipinski definition) is 2. The molecule has 0 aliphatic heterocycles. The molecule has 4 heteroatoms. The Hall–Kier alpha value is -1.19. The maximum Gasteiger partial charge on any atom is 0.148 e. The number of nitrogens with two attached hydrogens (primary N) is 1. The highest BCUT2D eigenvalue weighted by molar-refractivity contribution is 5.64. The van der Waals surface area contributed by atoms with Gasteiger partial charge in [-0.1, -0.05) is 26.7 Å². The van der Waals surface area contributed by atoms with Crippen molar-refractivity contribution in [2.45, 2.75) is 53.5 Å². The molecule has 1 heterocycles. The lowest BCUT2D eigenvalue weighted by Gasteiger charge is -2.17. The molecule has 0 aliphatic rings. The highest BCUT2D eigenvalue weighted by atomic mass is 15.4. The zero-order valence-corrected chi connectivity index (χ0v) is 11.7. The van der Waals surface area contributed by atoms with Gasteiger partial charge in [0.2, 0.25) is 0 Å². The molecule has 3 N–H and O–H groups in total. The second kappa shape index (κ2) is 5.94. The first-order chi connectivity index (χ1) is 8.01. The van der Waals surface area contributed by atoms with Crippen molar-refractivity contribution in [3.8, 4) is 0 Å². The van der Waals surface area contributed by atoms with Crippen molar-refractivity contribution in [1.29, 1.82) is 0 Å². The minimum atomic E-state index is 0.329. The van der Waals surface area contributed by atoms with Crippen LogP contribution in [-0.2, 0) is 0 Å². The lowest BCUT2D eigenvalue weighted by Crippen LogP contribution is -2.17. The molecule has 1 aromatic heterocycles. The smallest absolute Gasteiger partial charge is 0.148 e.